The number of thiophene rings is 1. The molecule has 2 nitrogen and oxygen atoms in total. The first-order chi connectivity index (χ1) is 9.22. The molecule has 96 valence electrons. The Hall–Kier alpha value is -1.71. The van der Waals surface area contributed by atoms with Gasteiger partial charge in [-0.1, -0.05) is 29.8 Å². The van der Waals surface area contributed by atoms with Gasteiger partial charge in [0, 0.05) is 15.3 Å². The summed E-state index contributed by atoms with van der Waals surface area (Å²) in [5.74, 6) is 0.709. The van der Waals surface area contributed by atoms with E-state index in [9.17, 15) is 0 Å². The third-order valence-electron chi connectivity index (χ3n) is 2.80. The second-order valence-electron chi connectivity index (χ2n) is 4.23. The number of hydrogen-bond donors (Lipinski definition) is 1. The standard InChI is InChI=1S/C15H12ClNOS/c16-13-3-1-2-4-14(13)18-9-12-7-10-5-6-11(17)8-15(10)19-12/h1-8H,9,17H2. The maximum absolute atomic E-state index is 6.05. The van der Waals surface area contributed by atoms with E-state index in [1.165, 1.54) is 10.1 Å². The van der Waals surface area contributed by atoms with Gasteiger partial charge in [0.25, 0.3) is 0 Å². The van der Waals surface area contributed by atoms with E-state index in [1.54, 1.807) is 11.3 Å². The van der Waals surface area contributed by atoms with Crippen LogP contribution in [0.3, 0.4) is 0 Å². The van der Waals surface area contributed by atoms with Crippen LogP contribution in [0.2, 0.25) is 5.02 Å². The summed E-state index contributed by atoms with van der Waals surface area (Å²) in [7, 11) is 0. The van der Waals surface area contributed by atoms with E-state index >= 15 is 0 Å². The fourth-order valence-corrected chi connectivity index (χ4v) is 3.10. The van der Waals surface area contributed by atoms with Gasteiger partial charge in [-0.05, 0) is 35.7 Å². The Morgan fingerprint density at radius 2 is 1.95 bits per heavy atom. The van der Waals surface area contributed by atoms with Gasteiger partial charge in [-0.3, -0.25) is 0 Å². The van der Waals surface area contributed by atoms with Crippen LogP contribution in [0.1, 0.15) is 4.88 Å². The summed E-state index contributed by atoms with van der Waals surface area (Å²) in [6, 6.07) is 15.5. The molecule has 0 fully saturated rings. The molecule has 2 N–H and O–H groups in total. The number of nitrogens with two attached hydrogens (primary N) is 1. The Morgan fingerprint density at radius 1 is 1.11 bits per heavy atom. The smallest absolute Gasteiger partial charge is 0.138 e. The molecule has 0 amide bonds. The molecule has 0 saturated carbocycles. The van der Waals surface area contributed by atoms with Crippen LogP contribution in [0.25, 0.3) is 10.1 Å². The van der Waals surface area contributed by atoms with E-state index in [4.69, 9.17) is 22.1 Å². The van der Waals surface area contributed by atoms with Crippen molar-refractivity contribution < 1.29 is 4.74 Å². The third kappa shape index (κ3) is 2.67. The first kappa shape index (κ1) is 12.3. The van der Waals surface area contributed by atoms with Crippen molar-refractivity contribution in [3.63, 3.8) is 0 Å². The molecule has 0 aliphatic carbocycles. The Labute approximate surface area is 120 Å². The van der Waals surface area contributed by atoms with Gasteiger partial charge in [-0.15, -0.1) is 11.3 Å². The molecule has 0 saturated heterocycles. The van der Waals surface area contributed by atoms with Gasteiger partial charge in [-0.25, -0.2) is 0 Å². The zero-order valence-corrected chi connectivity index (χ0v) is 11.7. The fourth-order valence-electron chi connectivity index (χ4n) is 1.88. The van der Waals surface area contributed by atoms with Crippen molar-refractivity contribution in [1.29, 1.82) is 0 Å². The highest BCUT2D eigenvalue weighted by atomic mass is 35.5. The second-order valence-corrected chi connectivity index (χ2v) is 5.80. The highest BCUT2D eigenvalue weighted by Crippen LogP contribution is 2.29. The van der Waals surface area contributed by atoms with Crippen LogP contribution >= 0.6 is 22.9 Å². The van der Waals surface area contributed by atoms with Crippen molar-refractivity contribution in [1.82, 2.24) is 0 Å². The SMILES string of the molecule is Nc1ccc2cc(COc3ccccc3Cl)sc2c1. The number of para-hydroxylation sites is 1. The molecule has 0 bridgehead atoms. The average Bonchev–Trinajstić information content (AvgIpc) is 2.79. The van der Waals surface area contributed by atoms with Crippen LogP contribution in [0, 0.1) is 0 Å². The highest BCUT2D eigenvalue weighted by molar-refractivity contribution is 7.19. The van der Waals surface area contributed by atoms with Crippen LogP contribution in [-0.4, -0.2) is 0 Å². The van der Waals surface area contributed by atoms with E-state index < -0.39 is 0 Å². The zero-order valence-electron chi connectivity index (χ0n) is 10.1. The molecule has 3 rings (SSSR count). The van der Waals surface area contributed by atoms with Gasteiger partial charge in [-0.2, -0.15) is 0 Å². The van der Waals surface area contributed by atoms with Crippen molar-refractivity contribution in [2.75, 3.05) is 5.73 Å². The van der Waals surface area contributed by atoms with E-state index in [-0.39, 0.29) is 0 Å². The number of hydrogen-bond acceptors (Lipinski definition) is 3. The lowest BCUT2D eigenvalue weighted by atomic mass is 10.2. The topological polar surface area (TPSA) is 35.2 Å². The largest absolute Gasteiger partial charge is 0.487 e. The van der Waals surface area contributed by atoms with Crippen LogP contribution in [0.4, 0.5) is 5.69 Å². The summed E-state index contributed by atoms with van der Waals surface area (Å²) >= 11 is 7.74. The average molecular weight is 290 g/mol. The van der Waals surface area contributed by atoms with Crippen molar-refractivity contribution in [3.8, 4) is 5.75 Å². The number of ether oxygens (including phenoxy) is 1. The number of rotatable bonds is 3. The normalized spacial score (nSPS) is 10.8. The van der Waals surface area contributed by atoms with Crippen molar-refractivity contribution in [3.05, 3.63) is 58.4 Å². The van der Waals surface area contributed by atoms with Crippen molar-refractivity contribution >= 4 is 38.7 Å². The molecular formula is C15H12ClNOS. The second kappa shape index (κ2) is 5.11. The molecule has 0 aliphatic heterocycles. The van der Waals surface area contributed by atoms with Gasteiger partial charge in [0.15, 0.2) is 0 Å². The predicted octanol–water partition coefficient (Wildman–Crippen LogP) is 4.72. The Balaban J connectivity index is 1.80. The van der Waals surface area contributed by atoms with Gasteiger partial charge in [0.05, 0.1) is 5.02 Å². The van der Waals surface area contributed by atoms with Crippen LogP contribution in [0.15, 0.2) is 48.5 Å². The Morgan fingerprint density at radius 3 is 2.79 bits per heavy atom. The lowest BCUT2D eigenvalue weighted by molar-refractivity contribution is 0.310. The molecule has 3 aromatic rings. The maximum atomic E-state index is 6.05. The number of halogens is 1. The van der Waals surface area contributed by atoms with Gasteiger partial charge < -0.3 is 10.5 Å². The Kier molecular flexibility index (Phi) is 3.32. The molecule has 0 radical (unpaired) electrons. The minimum absolute atomic E-state index is 0.517. The summed E-state index contributed by atoms with van der Waals surface area (Å²) in [5, 5.41) is 1.82. The molecule has 4 heteroatoms. The molecule has 1 aromatic heterocycles. The highest BCUT2D eigenvalue weighted by Gasteiger charge is 2.05. The molecule has 19 heavy (non-hydrogen) atoms. The quantitative estimate of drug-likeness (QED) is 0.708. The van der Waals surface area contributed by atoms with Crippen molar-refractivity contribution in [2.24, 2.45) is 0 Å². The van der Waals surface area contributed by atoms with Crippen LogP contribution in [-0.2, 0) is 6.61 Å². The zero-order chi connectivity index (χ0) is 13.2. The first-order valence-electron chi connectivity index (χ1n) is 5.87. The fraction of sp³-hybridized carbons (Fsp3) is 0.0667. The summed E-state index contributed by atoms with van der Waals surface area (Å²) < 4.78 is 6.91. The third-order valence-corrected chi connectivity index (χ3v) is 4.19. The maximum Gasteiger partial charge on any atom is 0.138 e. The minimum atomic E-state index is 0.517. The molecule has 0 atom stereocenters. The summed E-state index contributed by atoms with van der Waals surface area (Å²) in [6.07, 6.45) is 0. The molecule has 0 aliphatic rings. The predicted molar refractivity (Wildman–Crippen MR) is 82.0 cm³/mol. The number of anilines is 1. The molecule has 2 aromatic carbocycles. The lowest BCUT2D eigenvalue weighted by Gasteiger charge is -2.05. The van der Waals surface area contributed by atoms with E-state index in [1.807, 2.05) is 42.5 Å². The molecule has 0 spiro atoms. The summed E-state index contributed by atoms with van der Waals surface area (Å²) in [4.78, 5) is 1.15. The van der Waals surface area contributed by atoms with Crippen molar-refractivity contribution in [2.45, 2.75) is 6.61 Å². The molecule has 0 unspecified atom stereocenters. The summed E-state index contributed by atoms with van der Waals surface area (Å²) in [5.41, 5.74) is 6.56. The van der Waals surface area contributed by atoms with E-state index in [0.29, 0.717) is 17.4 Å². The Bertz CT molecular complexity index is 723. The van der Waals surface area contributed by atoms with Crippen LogP contribution in [0.5, 0.6) is 5.75 Å². The first-order valence-corrected chi connectivity index (χ1v) is 7.07. The van der Waals surface area contributed by atoms with Crippen LogP contribution < -0.4 is 10.5 Å². The summed E-state index contributed by atoms with van der Waals surface area (Å²) in [6.45, 7) is 0.517. The monoisotopic (exact) mass is 289 g/mol. The minimum Gasteiger partial charge on any atom is -0.487 e. The van der Waals surface area contributed by atoms with E-state index in [2.05, 4.69) is 6.07 Å². The molecule has 1 heterocycles. The van der Waals surface area contributed by atoms with Gasteiger partial charge in [0.1, 0.15) is 12.4 Å². The van der Waals surface area contributed by atoms with Gasteiger partial charge >= 0.3 is 0 Å². The number of benzene rings is 2. The number of fused-ring (bicyclic) bond motifs is 1. The van der Waals surface area contributed by atoms with Gasteiger partial charge in [0.2, 0.25) is 0 Å². The lowest BCUT2D eigenvalue weighted by Crippen LogP contribution is -1.92. The number of nitrogen functional groups attached to an aromatic ring is 1. The molecular weight excluding hydrogens is 278 g/mol. The van der Waals surface area contributed by atoms with E-state index in [0.717, 1.165) is 10.6 Å².